The van der Waals surface area contributed by atoms with Gasteiger partial charge < -0.3 is 9.64 Å². The number of fused-ring (bicyclic) bond motifs is 2. The first kappa shape index (κ1) is 20.0. The Bertz CT molecular complexity index is 875. The van der Waals surface area contributed by atoms with Gasteiger partial charge in [0.1, 0.15) is 11.4 Å². The second-order valence-corrected chi connectivity index (χ2v) is 10.1. The molecule has 1 spiro atoms. The molecule has 2 saturated heterocycles. The Morgan fingerprint density at radius 2 is 1.90 bits per heavy atom. The van der Waals surface area contributed by atoms with Crippen LogP contribution >= 0.6 is 0 Å². The first-order chi connectivity index (χ1) is 14.3. The summed E-state index contributed by atoms with van der Waals surface area (Å²) in [4.78, 5) is 28.2. The fraction of sp³-hybridized carbons (Fsp3) is 0.667. The predicted molar refractivity (Wildman–Crippen MR) is 114 cm³/mol. The minimum absolute atomic E-state index is 0.122. The molecule has 0 aromatic heterocycles. The van der Waals surface area contributed by atoms with Crippen molar-refractivity contribution in [3.63, 3.8) is 0 Å². The van der Waals surface area contributed by atoms with E-state index in [1.165, 1.54) is 0 Å². The molecule has 1 aromatic rings. The maximum Gasteiger partial charge on any atom is 0.225 e. The maximum atomic E-state index is 13.3. The molecule has 5 rings (SSSR count). The predicted octanol–water partition coefficient (Wildman–Crippen LogP) is 2.77. The van der Waals surface area contributed by atoms with Gasteiger partial charge in [-0.2, -0.15) is 0 Å². The summed E-state index contributed by atoms with van der Waals surface area (Å²) in [6.45, 7) is 8.66. The van der Waals surface area contributed by atoms with E-state index in [1.807, 2.05) is 24.0 Å². The van der Waals surface area contributed by atoms with Gasteiger partial charge in [0, 0.05) is 44.4 Å². The average molecular weight is 412 g/mol. The molecule has 6 nitrogen and oxygen atoms in total. The largest absolute Gasteiger partial charge is 0.486 e. The van der Waals surface area contributed by atoms with Crippen LogP contribution in [0.2, 0.25) is 0 Å². The number of amides is 1. The third-order valence-electron chi connectivity index (χ3n) is 8.04. The summed E-state index contributed by atoms with van der Waals surface area (Å²) in [7, 11) is 0. The third kappa shape index (κ3) is 3.34. The summed E-state index contributed by atoms with van der Waals surface area (Å²) in [5, 5.41) is 0. The summed E-state index contributed by atoms with van der Waals surface area (Å²) in [5.41, 5.74) is 9.18. The molecule has 3 aliphatic heterocycles. The van der Waals surface area contributed by atoms with Gasteiger partial charge in [-0.1, -0.05) is 6.92 Å². The van der Waals surface area contributed by atoms with Crippen molar-refractivity contribution in [3.05, 3.63) is 28.8 Å². The Labute approximate surface area is 178 Å². The van der Waals surface area contributed by atoms with Crippen LogP contribution < -0.4 is 15.6 Å². The lowest BCUT2D eigenvalue weighted by Crippen LogP contribution is -2.54. The highest BCUT2D eigenvalue weighted by molar-refractivity contribution is 6.00. The number of hydrogen-bond acceptors (Lipinski definition) is 5. The number of carbonyl (C=O) groups excluding carboxylic acids is 2. The Kier molecular flexibility index (Phi) is 4.90. The van der Waals surface area contributed by atoms with Gasteiger partial charge in [0.15, 0.2) is 5.78 Å². The SMILES string of the molecule is Cc1cc2c(cc1C)C(=O)CC1(CCN(C(=O)C3CC(C)C4NNCC4C3)CC1)O2. The van der Waals surface area contributed by atoms with Gasteiger partial charge in [-0.15, -0.1) is 0 Å². The highest BCUT2D eigenvalue weighted by Gasteiger charge is 2.46. The number of rotatable bonds is 1. The zero-order valence-corrected chi connectivity index (χ0v) is 18.3. The van der Waals surface area contributed by atoms with Gasteiger partial charge in [0.05, 0.1) is 12.0 Å². The molecule has 4 aliphatic rings. The fourth-order valence-corrected chi connectivity index (χ4v) is 6.07. The van der Waals surface area contributed by atoms with Crippen LogP contribution in [0.5, 0.6) is 5.75 Å². The molecular weight excluding hydrogens is 378 g/mol. The van der Waals surface area contributed by atoms with Crippen LogP contribution in [0, 0.1) is 31.6 Å². The fourth-order valence-electron chi connectivity index (χ4n) is 6.07. The van der Waals surface area contributed by atoms with E-state index >= 15 is 0 Å². The second-order valence-electron chi connectivity index (χ2n) is 10.1. The highest BCUT2D eigenvalue weighted by Crippen LogP contribution is 2.41. The lowest BCUT2D eigenvalue weighted by molar-refractivity contribution is -0.141. The number of aryl methyl sites for hydroxylation is 2. The second kappa shape index (κ2) is 7.34. The molecule has 1 aromatic carbocycles. The highest BCUT2D eigenvalue weighted by atomic mass is 16.5. The Balaban J connectivity index is 1.25. The zero-order valence-electron chi connectivity index (χ0n) is 18.3. The molecule has 3 fully saturated rings. The summed E-state index contributed by atoms with van der Waals surface area (Å²) in [6, 6.07) is 4.46. The number of hydrogen-bond donors (Lipinski definition) is 2. The van der Waals surface area contributed by atoms with Crippen molar-refractivity contribution in [3.8, 4) is 5.75 Å². The van der Waals surface area contributed by atoms with Crippen LogP contribution in [0.4, 0.5) is 0 Å². The standard InChI is InChI=1S/C24H33N3O3/c1-14-9-19-20(28)12-24(30-21(19)10-15(14)2)4-6-27(7-5-24)23(29)17-8-16(3)22-18(11-17)13-25-26-22/h9-10,16-18,22,25-26H,4-8,11-13H2,1-3H3. The number of piperidine rings is 1. The normalized spacial score (nSPS) is 32.5. The monoisotopic (exact) mass is 411 g/mol. The van der Waals surface area contributed by atoms with Crippen molar-refractivity contribution in [2.75, 3.05) is 19.6 Å². The number of ether oxygens (including phenoxy) is 1. The first-order valence-corrected chi connectivity index (χ1v) is 11.5. The Morgan fingerprint density at radius 1 is 1.17 bits per heavy atom. The molecule has 30 heavy (non-hydrogen) atoms. The Morgan fingerprint density at radius 3 is 2.67 bits per heavy atom. The van der Waals surface area contributed by atoms with E-state index in [2.05, 4.69) is 24.7 Å². The molecule has 1 amide bonds. The molecular formula is C24H33N3O3. The molecule has 1 saturated carbocycles. The molecule has 0 radical (unpaired) electrons. The van der Waals surface area contributed by atoms with Crippen LogP contribution in [-0.4, -0.2) is 47.9 Å². The van der Waals surface area contributed by atoms with Gasteiger partial charge in [-0.25, -0.2) is 0 Å². The molecule has 1 aliphatic carbocycles. The molecule has 3 heterocycles. The number of ketones is 1. The summed E-state index contributed by atoms with van der Waals surface area (Å²) in [6.07, 6.45) is 3.81. The van der Waals surface area contributed by atoms with E-state index in [0.717, 1.165) is 49.1 Å². The van der Waals surface area contributed by atoms with Gasteiger partial charge in [-0.05, 0) is 61.8 Å². The van der Waals surface area contributed by atoms with Crippen molar-refractivity contribution in [1.82, 2.24) is 15.8 Å². The number of hydrazine groups is 1. The molecule has 2 N–H and O–H groups in total. The van der Waals surface area contributed by atoms with Crippen LogP contribution in [0.3, 0.4) is 0 Å². The summed E-state index contributed by atoms with van der Waals surface area (Å²) < 4.78 is 6.44. The molecule has 0 bridgehead atoms. The van der Waals surface area contributed by atoms with Crippen LogP contribution in [-0.2, 0) is 4.79 Å². The molecule has 6 heteroatoms. The van der Waals surface area contributed by atoms with Crippen molar-refractivity contribution in [1.29, 1.82) is 0 Å². The number of likely N-dealkylation sites (tertiary alicyclic amines) is 1. The van der Waals surface area contributed by atoms with Gasteiger partial charge in [-0.3, -0.25) is 20.4 Å². The zero-order chi connectivity index (χ0) is 21.0. The number of Topliss-reactive ketones (excluding diaryl/α,β-unsaturated/α-hetero) is 1. The first-order valence-electron chi connectivity index (χ1n) is 11.5. The quantitative estimate of drug-likeness (QED) is 0.744. The third-order valence-corrected chi connectivity index (χ3v) is 8.04. The molecule has 162 valence electrons. The molecule has 4 unspecified atom stereocenters. The number of benzene rings is 1. The van der Waals surface area contributed by atoms with E-state index < -0.39 is 5.60 Å². The van der Waals surface area contributed by atoms with E-state index in [4.69, 9.17) is 4.74 Å². The van der Waals surface area contributed by atoms with Gasteiger partial charge in [0.2, 0.25) is 5.91 Å². The van der Waals surface area contributed by atoms with Gasteiger partial charge in [0.25, 0.3) is 0 Å². The lowest BCUT2D eigenvalue weighted by Gasteiger charge is -2.45. The van der Waals surface area contributed by atoms with Crippen LogP contribution in [0.25, 0.3) is 0 Å². The number of carbonyl (C=O) groups is 2. The van der Waals surface area contributed by atoms with Crippen LogP contribution in [0.1, 0.15) is 60.5 Å². The maximum absolute atomic E-state index is 13.3. The minimum Gasteiger partial charge on any atom is -0.486 e. The van der Waals surface area contributed by atoms with Crippen LogP contribution in [0.15, 0.2) is 12.1 Å². The van der Waals surface area contributed by atoms with E-state index in [9.17, 15) is 9.59 Å². The lowest BCUT2D eigenvalue weighted by atomic mass is 9.72. The minimum atomic E-state index is -0.452. The number of nitrogens with zero attached hydrogens (tertiary/aromatic N) is 1. The molecule has 4 atom stereocenters. The smallest absolute Gasteiger partial charge is 0.225 e. The van der Waals surface area contributed by atoms with E-state index in [1.54, 1.807) is 0 Å². The van der Waals surface area contributed by atoms with Crippen molar-refractivity contribution in [2.24, 2.45) is 17.8 Å². The van der Waals surface area contributed by atoms with Gasteiger partial charge >= 0.3 is 0 Å². The van der Waals surface area contributed by atoms with E-state index in [0.29, 0.717) is 48.9 Å². The van der Waals surface area contributed by atoms with Crippen molar-refractivity contribution in [2.45, 2.75) is 64.5 Å². The van der Waals surface area contributed by atoms with Crippen molar-refractivity contribution < 1.29 is 14.3 Å². The average Bonchev–Trinajstić information content (AvgIpc) is 3.19. The summed E-state index contributed by atoms with van der Waals surface area (Å²) >= 11 is 0. The van der Waals surface area contributed by atoms with E-state index in [-0.39, 0.29) is 11.7 Å². The number of nitrogens with one attached hydrogen (secondary N) is 2. The Hall–Kier alpha value is -1.92. The topological polar surface area (TPSA) is 70.7 Å². The summed E-state index contributed by atoms with van der Waals surface area (Å²) in [5.74, 6) is 2.37. The van der Waals surface area contributed by atoms with Crippen molar-refractivity contribution >= 4 is 11.7 Å².